The molecule has 1 aromatic rings. The van der Waals surface area contributed by atoms with Gasteiger partial charge in [-0.1, -0.05) is 6.07 Å². The van der Waals surface area contributed by atoms with Gasteiger partial charge in [-0.2, -0.15) is 0 Å². The molecular weight excluding hydrogens is 239 g/mol. The summed E-state index contributed by atoms with van der Waals surface area (Å²) in [6, 6.07) is 3.36. The Morgan fingerprint density at radius 2 is 2.17 bits per heavy atom. The van der Waals surface area contributed by atoms with Crippen LogP contribution < -0.4 is 5.32 Å². The zero-order valence-corrected chi connectivity index (χ0v) is 9.39. The van der Waals surface area contributed by atoms with Gasteiger partial charge >= 0.3 is 0 Å². The number of aliphatic hydroxyl groups excluding tert-OH is 1. The summed E-state index contributed by atoms with van der Waals surface area (Å²) in [5.74, 6) is -1.51. The zero-order valence-electron chi connectivity index (χ0n) is 9.39. The zero-order chi connectivity index (χ0) is 12.9. The number of para-hydroxylation sites is 1. The molecule has 0 saturated carbocycles. The summed E-state index contributed by atoms with van der Waals surface area (Å²) in [5, 5.41) is 12.0. The maximum absolute atomic E-state index is 13.6. The van der Waals surface area contributed by atoms with Crippen molar-refractivity contribution >= 4 is 17.5 Å². The van der Waals surface area contributed by atoms with Crippen molar-refractivity contribution in [3.05, 3.63) is 29.6 Å². The summed E-state index contributed by atoms with van der Waals surface area (Å²) in [7, 11) is 0. The van der Waals surface area contributed by atoms with Crippen molar-refractivity contribution in [1.82, 2.24) is 4.90 Å². The molecule has 2 N–H and O–H groups in total. The third-order valence-electron chi connectivity index (χ3n) is 3.33. The molecule has 0 aliphatic carbocycles. The predicted molar refractivity (Wildman–Crippen MR) is 60.5 cm³/mol. The van der Waals surface area contributed by atoms with E-state index in [1.807, 2.05) is 0 Å². The molecule has 6 heteroatoms. The number of fused-ring (bicyclic) bond motifs is 2. The number of halogens is 1. The Labute approximate surface area is 102 Å². The first-order valence-corrected chi connectivity index (χ1v) is 5.66. The maximum atomic E-state index is 13.6. The number of carbonyl (C=O) groups is 2. The second kappa shape index (κ2) is 3.78. The number of carbonyl (C=O) groups excluding carboxylic acids is 2. The first-order valence-electron chi connectivity index (χ1n) is 5.66. The van der Waals surface area contributed by atoms with Crippen molar-refractivity contribution in [3.63, 3.8) is 0 Å². The van der Waals surface area contributed by atoms with Crippen molar-refractivity contribution in [2.45, 2.75) is 18.6 Å². The highest BCUT2D eigenvalue weighted by atomic mass is 19.1. The molecule has 1 aromatic carbocycles. The number of nitrogens with zero attached hydrogens (tertiary/aromatic N) is 1. The number of hydrogen-bond donors (Lipinski definition) is 2. The van der Waals surface area contributed by atoms with E-state index in [-0.39, 0.29) is 24.2 Å². The highest BCUT2D eigenvalue weighted by molar-refractivity contribution is 6.10. The van der Waals surface area contributed by atoms with E-state index in [9.17, 15) is 19.1 Å². The molecule has 0 unspecified atom stereocenters. The Balaban J connectivity index is 2.12. The summed E-state index contributed by atoms with van der Waals surface area (Å²) < 4.78 is 13.6. The summed E-state index contributed by atoms with van der Waals surface area (Å²) >= 11 is 0. The Hall–Kier alpha value is -1.95. The van der Waals surface area contributed by atoms with Crippen LogP contribution >= 0.6 is 0 Å². The minimum atomic E-state index is -0.723. The van der Waals surface area contributed by atoms with Crippen LogP contribution in [0.25, 0.3) is 0 Å². The highest BCUT2D eigenvalue weighted by Gasteiger charge is 2.42. The first kappa shape index (κ1) is 11.2. The molecule has 0 spiro atoms. The van der Waals surface area contributed by atoms with E-state index in [0.29, 0.717) is 0 Å². The second-order valence-electron chi connectivity index (χ2n) is 4.51. The van der Waals surface area contributed by atoms with Gasteiger partial charge in [-0.3, -0.25) is 9.59 Å². The molecule has 2 atom stereocenters. The lowest BCUT2D eigenvalue weighted by Gasteiger charge is -2.19. The van der Waals surface area contributed by atoms with Crippen LogP contribution in [0.15, 0.2) is 18.2 Å². The van der Waals surface area contributed by atoms with Crippen LogP contribution in [0.4, 0.5) is 10.1 Å². The van der Waals surface area contributed by atoms with Crippen molar-refractivity contribution in [1.29, 1.82) is 0 Å². The molecule has 0 bridgehead atoms. The van der Waals surface area contributed by atoms with Gasteiger partial charge in [0.1, 0.15) is 11.9 Å². The third-order valence-corrected chi connectivity index (χ3v) is 3.33. The highest BCUT2D eigenvalue weighted by Crippen LogP contribution is 2.30. The van der Waals surface area contributed by atoms with Gasteiger partial charge in [0.2, 0.25) is 5.91 Å². The van der Waals surface area contributed by atoms with Gasteiger partial charge in [0.15, 0.2) is 0 Å². The van der Waals surface area contributed by atoms with Crippen molar-refractivity contribution in [2.75, 3.05) is 11.9 Å². The minimum absolute atomic E-state index is 0.0728. The lowest BCUT2D eigenvalue weighted by molar-refractivity contribution is -0.119. The number of aliphatic hydroxyl groups is 1. The lowest BCUT2D eigenvalue weighted by atomic mass is 10.1. The normalized spacial score (nSPS) is 26.4. The van der Waals surface area contributed by atoms with Crippen LogP contribution in [0.3, 0.4) is 0 Å². The van der Waals surface area contributed by atoms with Gasteiger partial charge in [-0.25, -0.2) is 4.39 Å². The second-order valence-corrected chi connectivity index (χ2v) is 4.51. The number of nitrogens with one attached hydrogen (secondary N) is 1. The fourth-order valence-electron chi connectivity index (χ4n) is 2.48. The number of hydrogen-bond acceptors (Lipinski definition) is 3. The summed E-state index contributed by atoms with van der Waals surface area (Å²) in [4.78, 5) is 25.4. The smallest absolute Gasteiger partial charge is 0.256 e. The molecule has 18 heavy (non-hydrogen) atoms. The van der Waals surface area contributed by atoms with Crippen LogP contribution in [0.2, 0.25) is 0 Å². The van der Waals surface area contributed by atoms with Gasteiger partial charge in [0.25, 0.3) is 5.91 Å². The van der Waals surface area contributed by atoms with E-state index in [1.54, 1.807) is 0 Å². The monoisotopic (exact) mass is 250 g/mol. The lowest BCUT2D eigenvalue weighted by Crippen LogP contribution is -2.40. The molecular formula is C12H11FN2O3. The Kier molecular flexibility index (Phi) is 2.34. The number of rotatable bonds is 0. The van der Waals surface area contributed by atoms with E-state index < -0.39 is 29.8 Å². The van der Waals surface area contributed by atoms with E-state index in [2.05, 4.69) is 5.32 Å². The van der Waals surface area contributed by atoms with Gasteiger partial charge in [0.05, 0.1) is 17.4 Å². The molecule has 2 amide bonds. The quantitative estimate of drug-likeness (QED) is 0.698. The minimum Gasteiger partial charge on any atom is -0.391 e. The summed E-state index contributed by atoms with van der Waals surface area (Å²) in [5.41, 5.74) is 0.0522. The first-order chi connectivity index (χ1) is 8.58. The van der Waals surface area contributed by atoms with Gasteiger partial charge in [0, 0.05) is 13.0 Å². The van der Waals surface area contributed by atoms with E-state index >= 15 is 0 Å². The van der Waals surface area contributed by atoms with E-state index in [0.717, 1.165) is 0 Å². The average Bonchev–Trinajstić information content (AvgIpc) is 2.69. The van der Waals surface area contributed by atoms with Crippen molar-refractivity contribution in [3.8, 4) is 0 Å². The van der Waals surface area contributed by atoms with Crippen LogP contribution in [0, 0.1) is 5.82 Å². The largest absolute Gasteiger partial charge is 0.391 e. The fraction of sp³-hybridized carbons (Fsp3) is 0.333. The average molecular weight is 250 g/mol. The molecule has 2 aliphatic heterocycles. The third kappa shape index (κ3) is 1.49. The van der Waals surface area contributed by atoms with Crippen LogP contribution in [0.5, 0.6) is 0 Å². The summed E-state index contributed by atoms with van der Waals surface area (Å²) in [6.07, 6.45) is -0.521. The number of benzene rings is 1. The fourth-order valence-corrected chi connectivity index (χ4v) is 2.48. The number of amides is 2. The number of anilines is 1. The van der Waals surface area contributed by atoms with Crippen LogP contribution in [0.1, 0.15) is 16.8 Å². The standard InChI is InChI=1S/C12H11FN2O3/c13-8-3-1-2-7-10(8)14-11(17)9-4-6(16)5-15(9)12(7)18/h1-3,6,9,16H,4-5H2,(H,14,17)/t6-,9+/m1/s1. The van der Waals surface area contributed by atoms with Crippen LogP contribution in [-0.2, 0) is 4.79 Å². The summed E-state index contributed by atoms with van der Waals surface area (Å²) in [6.45, 7) is 0.104. The topological polar surface area (TPSA) is 69.6 Å². The van der Waals surface area contributed by atoms with Gasteiger partial charge in [-0.15, -0.1) is 0 Å². The Morgan fingerprint density at radius 3 is 2.94 bits per heavy atom. The molecule has 3 rings (SSSR count). The van der Waals surface area contributed by atoms with Gasteiger partial charge < -0.3 is 15.3 Å². The molecule has 1 fully saturated rings. The van der Waals surface area contributed by atoms with E-state index in [1.165, 1.54) is 23.1 Å². The predicted octanol–water partition coefficient (Wildman–Crippen LogP) is 0.353. The molecule has 0 radical (unpaired) electrons. The molecule has 5 nitrogen and oxygen atoms in total. The van der Waals surface area contributed by atoms with E-state index in [4.69, 9.17) is 0 Å². The molecule has 1 saturated heterocycles. The Morgan fingerprint density at radius 1 is 1.39 bits per heavy atom. The SMILES string of the molecule is O=C1Nc2c(F)cccc2C(=O)N2C[C@H](O)C[C@@H]12. The molecule has 2 aliphatic rings. The maximum Gasteiger partial charge on any atom is 0.256 e. The van der Waals surface area contributed by atoms with Crippen molar-refractivity contribution < 1.29 is 19.1 Å². The Bertz CT molecular complexity index is 546. The molecule has 94 valence electrons. The molecule has 2 heterocycles. The molecule has 0 aromatic heterocycles. The van der Waals surface area contributed by atoms with Crippen LogP contribution in [-0.4, -0.2) is 40.5 Å². The van der Waals surface area contributed by atoms with Crippen molar-refractivity contribution in [2.24, 2.45) is 0 Å². The van der Waals surface area contributed by atoms with Gasteiger partial charge in [-0.05, 0) is 12.1 Å².